The van der Waals surface area contributed by atoms with Crippen LogP contribution < -0.4 is 5.32 Å². The Bertz CT molecular complexity index is 182. The second-order valence-corrected chi connectivity index (χ2v) is 5.42. The van der Waals surface area contributed by atoms with Gasteiger partial charge in [0.2, 0.25) is 0 Å². The minimum atomic E-state index is -0.972. The van der Waals surface area contributed by atoms with Crippen molar-refractivity contribution in [3.8, 4) is 0 Å². The van der Waals surface area contributed by atoms with Crippen LogP contribution in [0.5, 0.6) is 0 Å². The molecule has 0 aromatic heterocycles. The summed E-state index contributed by atoms with van der Waals surface area (Å²) >= 11 is 0. The highest BCUT2D eigenvalue weighted by Gasteiger charge is 2.21. The number of aliphatic hydroxyl groups excluding tert-OH is 1. The molecule has 3 N–H and O–H groups in total. The lowest BCUT2D eigenvalue weighted by Gasteiger charge is -2.28. The van der Waals surface area contributed by atoms with Crippen molar-refractivity contribution < 1.29 is 10.2 Å². The fraction of sp³-hybridized carbons (Fsp3) is 1.00. The molecular formula is C12H25NO2. The highest BCUT2D eigenvalue weighted by molar-refractivity contribution is 4.77. The third-order valence-electron chi connectivity index (χ3n) is 3.32. The molecule has 3 heteroatoms. The molecule has 0 saturated heterocycles. The summed E-state index contributed by atoms with van der Waals surface area (Å²) in [6.07, 6.45) is 5.31. The van der Waals surface area contributed by atoms with Crippen molar-refractivity contribution in [2.45, 2.75) is 45.1 Å². The van der Waals surface area contributed by atoms with Gasteiger partial charge in [0.15, 0.2) is 0 Å². The Balaban J connectivity index is 2.14. The van der Waals surface area contributed by atoms with Gasteiger partial charge in [0.05, 0.1) is 12.2 Å². The Hall–Kier alpha value is -0.120. The van der Waals surface area contributed by atoms with Crippen molar-refractivity contribution in [3.05, 3.63) is 0 Å². The lowest BCUT2D eigenvalue weighted by molar-refractivity contribution is 0.00183. The van der Waals surface area contributed by atoms with Gasteiger partial charge in [-0.1, -0.05) is 19.8 Å². The Labute approximate surface area is 92.9 Å². The third kappa shape index (κ3) is 4.96. The summed E-state index contributed by atoms with van der Waals surface area (Å²) in [5, 5.41) is 21.7. The van der Waals surface area contributed by atoms with Crippen LogP contribution in [0.1, 0.15) is 39.5 Å². The maximum atomic E-state index is 9.59. The zero-order valence-corrected chi connectivity index (χ0v) is 10.00. The second kappa shape index (κ2) is 5.83. The zero-order valence-electron chi connectivity index (χ0n) is 10.00. The van der Waals surface area contributed by atoms with Crippen molar-refractivity contribution in [1.82, 2.24) is 5.32 Å². The van der Waals surface area contributed by atoms with Gasteiger partial charge in [-0.05, 0) is 38.1 Å². The molecule has 1 fully saturated rings. The van der Waals surface area contributed by atoms with E-state index in [-0.39, 0.29) is 6.61 Å². The van der Waals surface area contributed by atoms with E-state index in [0.717, 1.165) is 18.4 Å². The largest absolute Gasteiger partial charge is 0.393 e. The molecule has 0 aromatic carbocycles. The normalized spacial score (nSPS) is 31.2. The summed E-state index contributed by atoms with van der Waals surface area (Å²) in [5.41, 5.74) is -0.972. The van der Waals surface area contributed by atoms with Crippen LogP contribution in [0.25, 0.3) is 0 Å². The predicted octanol–water partition coefficient (Wildman–Crippen LogP) is 1.15. The zero-order chi connectivity index (χ0) is 11.3. The molecule has 15 heavy (non-hydrogen) atoms. The number of nitrogens with one attached hydrogen (secondary N) is 1. The molecule has 0 heterocycles. The minimum Gasteiger partial charge on any atom is -0.393 e. The van der Waals surface area contributed by atoms with Crippen LogP contribution in [0.4, 0.5) is 0 Å². The SMILES string of the molecule is CC1CCCC(CNCC(C)(O)CO)C1. The molecule has 0 radical (unpaired) electrons. The summed E-state index contributed by atoms with van der Waals surface area (Å²) in [6, 6.07) is 0. The molecule has 0 amide bonds. The smallest absolute Gasteiger partial charge is 0.0972 e. The van der Waals surface area contributed by atoms with E-state index >= 15 is 0 Å². The standard InChI is InChI=1S/C12H25NO2/c1-10-4-3-5-11(6-10)7-13-8-12(2,15)9-14/h10-11,13-15H,3-9H2,1-2H3. The van der Waals surface area contributed by atoms with Crippen LogP contribution in [0.3, 0.4) is 0 Å². The van der Waals surface area contributed by atoms with Gasteiger partial charge in [-0.3, -0.25) is 0 Å². The number of aliphatic hydroxyl groups is 2. The maximum Gasteiger partial charge on any atom is 0.0972 e. The highest BCUT2D eigenvalue weighted by Crippen LogP contribution is 2.27. The van der Waals surface area contributed by atoms with Crippen molar-refractivity contribution in [3.63, 3.8) is 0 Å². The molecule has 0 aromatic rings. The molecule has 0 aliphatic heterocycles. The lowest BCUT2D eigenvalue weighted by Crippen LogP contribution is -2.42. The van der Waals surface area contributed by atoms with E-state index in [0.29, 0.717) is 6.54 Å². The topological polar surface area (TPSA) is 52.5 Å². The summed E-state index contributed by atoms with van der Waals surface area (Å²) in [6.45, 7) is 5.25. The van der Waals surface area contributed by atoms with E-state index in [1.807, 2.05) is 0 Å². The van der Waals surface area contributed by atoms with E-state index in [1.165, 1.54) is 25.7 Å². The van der Waals surface area contributed by atoms with Gasteiger partial charge < -0.3 is 15.5 Å². The fourth-order valence-corrected chi connectivity index (χ4v) is 2.35. The van der Waals surface area contributed by atoms with Crippen molar-refractivity contribution >= 4 is 0 Å². The van der Waals surface area contributed by atoms with E-state index < -0.39 is 5.60 Å². The van der Waals surface area contributed by atoms with Crippen LogP contribution >= 0.6 is 0 Å². The van der Waals surface area contributed by atoms with Crippen LogP contribution in [0, 0.1) is 11.8 Å². The first-order chi connectivity index (χ1) is 7.03. The van der Waals surface area contributed by atoms with E-state index in [4.69, 9.17) is 5.11 Å². The maximum absolute atomic E-state index is 9.59. The third-order valence-corrected chi connectivity index (χ3v) is 3.32. The minimum absolute atomic E-state index is 0.179. The van der Waals surface area contributed by atoms with Gasteiger partial charge in [0, 0.05) is 6.54 Å². The molecular weight excluding hydrogens is 190 g/mol. The molecule has 1 aliphatic rings. The molecule has 1 rings (SSSR count). The first-order valence-electron chi connectivity index (χ1n) is 6.07. The van der Waals surface area contributed by atoms with Crippen LogP contribution in [-0.2, 0) is 0 Å². The lowest BCUT2D eigenvalue weighted by atomic mass is 9.82. The fourth-order valence-electron chi connectivity index (χ4n) is 2.35. The number of rotatable bonds is 5. The summed E-state index contributed by atoms with van der Waals surface area (Å²) in [5.74, 6) is 1.60. The molecule has 3 nitrogen and oxygen atoms in total. The first kappa shape index (κ1) is 12.9. The second-order valence-electron chi connectivity index (χ2n) is 5.42. The van der Waals surface area contributed by atoms with Gasteiger partial charge in [-0.15, -0.1) is 0 Å². The van der Waals surface area contributed by atoms with Gasteiger partial charge in [-0.2, -0.15) is 0 Å². The Kier molecular flexibility index (Phi) is 5.03. The van der Waals surface area contributed by atoms with E-state index in [2.05, 4.69) is 12.2 Å². The molecule has 1 aliphatic carbocycles. The Morgan fingerprint density at radius 3 is 2.73 bits per heavy atom. The molecule has 0 bridgehead atoms. The van der Waals surface area contributed by atoms with Crippen LogP contribution in [0.15, 0.2) is 0 Å². The van der Waals surface area contributed by atoms with Gasteiger partial charge in [0.1, 0.15) is 0 Å². The Morgan fingerprint density at radius 2 is 2.13 bits per heavy atom. The van der Waals surface area contributed by atoms with Crippen molar-refractivity contribution in [2.24, 2.45) is 11.8 Å². The average Bonchev–Trinajstić information content (AvgIpc) is 2.18. The van der Waals surface area contributed by atoms with Crippen molar-refractivity contribution in [1.29, 1.82) is 0 Å². The van der Waals surface area contributed by atoms with Gasteiger partial charge >= 0.3 is 0 Å². The van der Waals surface area contributed by atoms with E-state index in [9.17, 15) is 5.11 Å². The van der Waals surface area contributed by atoms with Gasteiger partial charge in [0.25, 0.3) is 0 Å². The molecule has 3 atom stereocenters. The van der Waals surface area contributed by atoms with E-state index in [1.54, 1.807) is 6.92 Å². The average molecular weight is 215 g/mol. The first-order valence-corrected chi connectivity index (χ1v) is 6.07. The van der Waals surface area contributed by atoms with Gasteiger partial charge in [-0.25, -0.2) is 0 Å². The summed E-state index contributed by atoms with van der Waals surface area (Å²) in [7, 11) is 0. The predicted molar refractivity (Wildman–Crippen MR) is 61.7 cm³/mol. The Morgan fingerprint density at radius 1 is 1.40 bits per heavy atom. The summed E-state index contributed by atoms with van der Waals surface area (Å²) < 4.78 is 0. The molecule has 1 saturated carbocycles. The van der Waals surface area contributed by atoms with Crippen LogP contribution in [-0.4, -0.2) is 35.5 Å². The molecule has 90 valence electrons. The monoisotopic (exact) mass is 215 g/mol. The number of hydrogen-bond donors (Lipinski definition) is 3. The highest BCUT2D eigenvalue weighted by atomic mass is 16.3. The van der Waals surface area contributed by atoms with Crippen molar-refractivity contribution in [2.75, 3.05) is 19.7 Å². The summed E-state index contributed by atoms with van der Waals surface area (Å²) in [4.78, 5) is 0. The number of hydrogen-bond acceptors (Lipinski definition) is 3. The molecule has 0 spiro atoms. The van der Waals surface area contributed by atoms with Crippen LogP contribution in [0.2, 0.25) is 0 Å². The molecule has 3 unspecified atom stereocenters. The quantitative estimate of drug-likeness (QED) is 0.645.